The van der Waals surface area contributed by atoms with Crippen molar-refractivity contribution in [3.8, 4) is 0 Å². The maximum Gasteiger partial charge on any atom is 0.270 e. The molecule has 8 heteroatoms. The highest BCUT2D eigenvalue weighted by Crippen LogP contribution is 2.33. The van der Waals surface area contributed by atoms with Gasteiger partial charge in [-0.25, -0.2) is 4.98 Å². The van der Waals surface area contributed by atoms with Gasteiger partial charge < -0.3 is 19.5 Å². The van der Waals surface area contributed by atoms with Gasteiger partial charge >= 0.3 is 0 Å². The van der Waals surface area contributed by atoms with Gasteiger partial charge in [-0.1, -0.05) is 18.2 Å². The molecule has 30 heavy (non-hydrogen) atoms. The van der Waals surface area contributed by atoms with Crippen molar-refractivity contribution in [2.45, 2.75) is 25.9 Å². The van der Waals surface area contributed by atoms with Crippen molar-refractivity contribution in [3.63, 3.8) is 0 Å². The summed E-state index contributed by atoms with van der Waals surface area (Å²) in [4.78, 5) is 38.1. The van der Waals surface area contributed by atoms with Crippen LogP contribution in [-0.4, -0.2) is 64.4 Å². The Morgan fingerprint density at radius 2 is 1.87 bits per heavy atom. The number of aromatic amines is 1. The zero-order chi connectivity index (χ0) is 20.7. The van der Waals surface area contributed by atoms with E-state index < -0.39 is 0 Å². The van der Waals surface area contributed by atoms with Crippen LogP contribution < -0.4 is 0 Å². The summed E-state index contributed by atoms with van der Waals surface area (Å²) in [5.74, 6) is -0.0140. The second-order valence-electron chi connectivity index (χ2n) is 7.82. The molecule has 2 fully saturated rings. The van der Waals surface area contributed by atoms with E-state index in [4.69, 9.17) is 4.74 Å². The Morgan fingerprint density at radius 1 is 1.13 bits per heavy atom. The lowest BCUT2D eigenvalue weighted by atomic mass is 10.2. The number of fused-ring (bicyclic) bond motifs is 1. The third-order valence-electron chi connectivity index (χ3n) is 5.83. The molecule has 2 saturated heterocycles. The van der Waals surface area contributed by atoms with Gasteiger partial charge in [0.25, 0.3) is 11.8 Å². The van der Waals surface area contributed by atoms with Crippen LogP contribution in [0.1, 0.15) is 49.8 Å². The van der Waals surface area contributed by atoms with Gasteiger partial charge in [0, 0.05) is 43.7 Å². The monoisotopic (exact) mass is 424 g/mol. The minimum Gasteiger partial charge on any atom is -0.371 e. The molecule has 0 bridgehead atoms. The van der Waals surface area contributed by atoms with Crippen molar-refractivity contribution >= 4 is 34.1 Å². The summed E-state index contributed by atoms with van der Waals surface area (Å²) < 4.78 is 5.71. The number of piperazine rings is 1. The molecule has 5 rings (SSSR count). The number of nitrogens with zero attached hydrogens (tertiary/aromatic N) is 3. The number of hydrogen-bond donors (Lipinski definition) is 1. The summed E-state index contributed by atoms with van der Waals surface area (Å²) in [5.41, 5.74) is 2.32. The first-order chi connectivity index (χ1) is 14.6. The molecule has 0 saturated carbocycles. The Morgan fingerprint density at radius 3 is 2.57 bits per heavy atom. The van der Waals surface area contributed by atoms with Crippen molar-refractivity contribution in [2.75, 3.05) is 32.8 Å². The molecule has 0 spiro atoms. The molecular formula is C22H24N4O3S. The molecular weight excluding hydrogens is 400 g/mol. The number of hydrogen-bond acceptors (Lipinski definition) is 5. The summed E-state index contributed by atoms with van der Waals surface area (Å²) in [6.07, 6.45) is 2.04. The molecule has 0 aliphatic carbocycles. The van der Waals surface area contributed by atoms with E-state index in [-0.39, 0.29) is 17.9 Å². The molecule has 156 valence electrons. The number of rotatable bonds is 3. The van der Waals surface area contributed by atoms with E-state index >= 15 is 0 Å². The predicted molar refractivity (Wildman–Crippen MR) is 115 cm³/mol. The standard InChI is InChI=1S/C22H24N4O3S/c1-14-19(30-20(23-14)18-7-4-12-29-18)22(28)26-10-8-25(9-11-26)21(27)17-13-15-5-2-3-6-16(15)24-17/h2-3,5-6,13,18,24H,4,7-12H2,1H3. The van der Waals surface area contributed by atoms with E-state index in [0.717, 1.165) is 41.1 Å². The number of H-pyrrole nitrogens is 1. The maximum atomic E-state index is 13.1. The lowest BCUT2D eigenvalue weighted by molar-refractivity contribution is 0.0535. The largest absolute Gasteiger partial charge is 0.371 e. The number of amides is 2. The quantitative estimate of drug-likeness (QED) is 0.699. The first-order valence-corrected chi connectivity index (χ1v) is 11.2. The number of carbonyl (C=O) groups excluding carboxylic acids is 2. The van der Waals surface area contributed by atoms with E-state index in [2.05, 4.69) is 9.97 Å². The molecule has 1 aromatic carbocycles. The summed E-state index contributed by atoms with van der Waals surface area (Å²) in [5, 5.41) is 1.93. The first-order valence-electron chi connectivity index (χ1n) is 10.4. The molecule has 2 amide bonds. The second-order valence-corrected chi connectivity index (χ2v) is 8.85. The Labute approximate surface area is 178 Å². The molecule has 7 nitrogen and oxygen atoms in total. The molecule has 3 aromatic rings. The molecule has 4 heterocycles. The number of thiazole rings is 1. The maximum absolute atomic E-state index is 13.1. The fourth-order valence-electron chi connectivity index (χ4n) is 4.14. The van der Waals surface area contributed by atoms with E-state index in [0.29, 0.717) is 36.8 Å². The highest BCUT2D eigenvalue weighted by atomic mass is 32.1. The van der Waals surface area contributed by atoms with Crippen molar-refractivity contribution in [1.82, 2.24) is 19.8 Å². The van der Waals surface area contributed by atoms with Crippen LogP contribution in [0.15, 0.2) is 30.3 Å². The van der Waals surface area contributed by atoms with Gasteiger partial charge in [-0.05, 0) is 31.9 Å². The minimum atomic E-state index is -0.0204. The molecule has 0 radical (unpaired) electrons. The number of benzene rings is 1. The molecule has 2 aliphatic heterocycles. The Balaban J connectivity index is 1.24. The summed E-state index contributed by atoms with van der Waals surface area (Å²) in [7, 11) is 0. The van der Waals surface area contributed by atoms with Crippen LogP contribution in [0.5, 0.6) is 0 Å². The normalized spacial score (nSPS) is 19.6. The number of aryl methyl sites for hydroxylation is 1. The molecule has 1 atom stereocenters. The zero-order valence-electron chi connectivity index (χ0n) is 16.9. The van der Waals surface area contributed by atoms with Gasteiger partial charge in [0.2, 0.25) is 0 Å². The second kappa shape index (κ2) is 7.85. The smallest absolute Gasteiger partial charge is 0.270 e. The van der Waals surface area contributed by atoms with Gasteiger partial charge in [0.05, 0.1) is 5.69 Å². The fourth-order valence-corrected chi connectivity index (χ4v) is 5.26. The van der Waals surface area contributed by atoms with Crippen molar-refractivity contribution < 1.29 is 14.3 Å². The summed E-state index contributed by atoms with van der Waals surface area (Å²) in [6, 6.07) is 9.75. The number of para-hydroxylation sites is 1. The van der Waals surface area contributed by atoms with Crippen LogP contribution in [0.3, 0.4) is 0 Å². The molecule has 2 aliphatic rings. The molecule has 2 aromatic heterocycles. The van der Waals surface area contributed by atoms with Crippen molar-refractivity contribution in [1.29, 1.82) is 0 Å². The lowest BCUT2D eigenvalue weighted by Crippen LogP contribution is -2.50. The van der Waals surface area contributed by atoms with Crippen LogP contribution in [0, 0.1) is 6.92 Å². The number of nitrogens with one attached hydrogen (secondary N) is 1. The summed E-state index contributed by atoms with van der Waals surface area (Å²) in [6.45, 7) is 4.75. The lowest BCUT2D eigenvalue weighted by Gasteiger charge is -2.34. The van der Waals surface area contributed by atoms with Gasteiger partial charge in [-0.2, -0.15) is 0 Å². The Bertz CT molecular complexity index is 1060. The zero-order valence-corrected chi connectivity index (χ0v) is 17.7. The van der Waals surface area contributed by atoms with Crippen LogP contribution in [0.2, 0.25) is 0 Å². The van der Waals surface area contributed by atoms with Crippen molar-refractivity contribution in [3.05, 3.63) is 51.6 Å². The first kappa shape index (κ1) is 19.3. The van der Waals surface area contributed by atoms with Crippen LogP contribution in [0.4, 0.5) is 0 Å². The van der Waals surface area contributed by atoms with Crippen LogP contribution >= 0.6 is 11.3 Å². The average Bonchev–Trinajstić information content (AvgIpc) is 3.51. The van der Waals surface area contributed by atoms with E-state index in [9.17, 15) is 9.59 Å². The number of aromatic nitrogens is 2. The van der Waals surface area contributed by atoms with Crippen molar-refractivity contribution in [2.24, 2.45) is 0 Å². The van der Waals surface area contributed by atoms with Crippen LogP contribution in [0.25, 0.3) is 10.9 Å². The minimum absolute atomic E-state index is 0.00644. The van der Waals surface area contributed by atoms with Crippen LogP contribution in [-0.2, 0) is 4.74 Å². The molecule has 1 N–H and O–H groups in total. The third kappa shape index (κ3) is 3.50. The Hall–Kier alpha value is -2.71. The van der Waals surface area contributed by atoms with E-state index in [1.807, 2.05) is 47.1 Å². The fraction of sp³-hybridized carbons (Fsp3) is 0.409. The highest BCUT2D eigenvalue weighted by molar-refractivity contribution is 7.13. The Kier molecular flexibility index (Phi) is 5.04. The van der Waals surface area contributed by atoms with Gasteiger partial charge in [-0.15, -0.1) is 11.3 Å². The predicted octanol–water partition coefficient (Wildman–Crippen LogP) is 3.38. The van der Waals surface area contributed by atoms with E-state index in [1.54, 1.807) is 0 Å². The van der Waals surface area contributed by atoms with E-state index in [1.165, 1.54) is 11.3 Å². The summed E-state index contributed by atoms with van der Waals surface area (Å²) >= 11 is 1.45. The number of ether oxygens (including phenoxy) is 1. The third-order valence-corrected chi connectivity index (χ3v) is 7.06. The topological polar surface area (TPSA) is 78.5 Å². The van der Waals surface area contributed by atoms with Gasteiger partial charge in [0.1, 0.15) is 21.7 Å². The average molecular weight is 425 g/mol. The molecule has 1 unspecified atom stereocenters. The number of carbonyl (C=O) groups is 2. The SMILES string of the molecule is Cc1nc(C2CCCO2)sc1C(=O)N1CCN(C(=O)c2cc3ccccc3[nH]2)CC1. The van der Waals surface area contributed by atoms with Gasteiger partial charge in [0.15, 0.2) is 0 Å². The van der Waals surface area contributed by atoms with Gasteiger partial charge in [-0.3, -0.25) is 9.59 Å². The highest BCUT2D eigenvalue weighted by Gasteiger charge is 2.30.